The number of hydrogen-bond donors (Lipinski definition) is 11. The van der Waals surface area contributed by atoms with Gasteiger partial charge in [0.2, 0.25) is 53.2 Å². The summed E-state index contributed by atoms with van der Waals surface area (Å²) < 4.78 is 0. The first kappa shape index (κ1) is 71.6. The summed E-state index contributed by atoms with van der Waals surface area (Å²) in [5, 5.41) is 33.0. The number of H-pyrrole nitrogens is 1. The number of nitrogens with two attached hydrogens (primary N) is 1. The lowest BCUT2D eigenvalue weighted by molar-refractivity contribution is -0.142. The number of aliphatic carboxylic acids is 1. The number of benzene rings is 3. The van der Waals surface area contributed by atoms with E-state index in [2.05, 4.69) is 47.5 Å². The number of aromatic amines is 1. The molecule has 12 N–H and O–H groups in total. The van der Waals surface area contributed by atoms with Gasteiger partial charge in [0, 0.05) is 42.9 Å². The first-order chi connectivity index (χ1) is 42.1. The third-order valence-corrected chi connectivity index (χ3v) is 15.5. The van der Waals surface area contributed by atoms with Crippen LogP contribution in [0.3, 0.4) is 0 Å². The van der Waals surface area contributed by atoms with Crippen LogP contribution in [0, 0.1) is 29.6 Å². The predicted molar refractivity (Wildman–Crippen MR) is 341 cm³/mol. The van der Waals surface area contributed by atoms with Gasteiger partial charge in [0.25, 0.3) is 0 Å². The summed E-state index contributed by atoms with van der Waals surface area (Å²) in [7, 11) is 0. The van der Waals surface area contributed by atoms with Gasteiger partial charge >= 0.3 is 5.97 Å². The average molecular weight is 1230 g/mol. The highest BCUT2D eigenvalue weighted by molar-refractivity contribution is 5.99. The second kappa shape index (κ2) is 34.6. The van der Waals surface area contributed by atoms with E-state index in [9.17, 15) is 48.3 Å². The topological polar surface area (TPSA) is 332 Å². The molecule has 5 rings (SSSR count). The van der Waals surface area contributed by atoms with Crippen LogP contribution in [0.15, 0.2) is 91.1 Å². The number of para-hydroxylation sites is 1. The first-order valence-corrected chi connectivity index (χ1v) is 31.4. The first-order valence-electron chi connectivity index (χ1n) is 31.4. The van der Waals surface area contributed by atoms with Crippen molar-refractivity contribution in [3.63, 3.8) is 0 Å². The molecule has 0 aliphatic carbocycles. The number of nitrogens with one attached hydrogen (secondary N) is 9. The molecular formula is C67H97N11O11. The molecule has 0 bridgehead atoms. The fourth-order valence-corrected chi connectivity index (χ4v) is 11.1. The molecule has 1 aromatic heterocycles. The molecule has 22 nitrogen and oxygen atoms in total. The van der Waals surface area contributed by atoms with E-state index in [0.717, 1.165) is 10.9 Å². The number of fused-ring (bicyclic) bond motifs is 1. The maximum atomic E-state index is 15.1. The van der Waals surface area contributed by atoms with E-state index in [1.54, 1.807) is 30.5 Å². The number of carbonyl (C=O) groups excluding carboxylic acids is 9. The highest BCUT2D eigenvalue weighted by atomic mass is 16.4. The number of carboxylic acids is 1. The summed E-state index contributed by atoms with van der Waals surface area (Å²) >= 11 is 0. The minimum atomic E-state index is -1.30. The number of hydrogen-bond acceptors (Lipinski definition) is 11. The van der Waals surface area contributed by atoms with E-state index in [1.807, 2.05) is 130 Å². The molecule has 89 heavy (non-hydrogen) atoms. The van der Waals surface area contributed by atoms with Crippen LogP contribution in [0.25, 0.3) is 10.9 Å². The van der Waals surface area contributed by atoms with Crippen molar-refractivity contribution >= 4 is 70.0 Å². The molecule has 4 aromatic rings. The van der Waals surface area contributed by atoms with Gasteiger partial charge in [0.15, 0.2) is 0 Å². The van der Waals surface area contributed by atoms with Crippen molar-refractivity contribution < 1.29 is 53.1 Å². The predicted octanol–water partition coefficient (Wildman–Crippen LogP) is 4.73. The number of rotatable bonds is 34. The van der Waals surface area contributed by atoms with Gasteiger partial charge in [-0.25, -0.2) is 4.79 Å². The number of aromatic nitrogens is 1. The largest absolute Gasteiger partial charge is 0.480 e. The van der Waals surface area contributed by atoms with Crippen LogP contribution in [-0.4, -0.2) is 141 Å². The SMILES string of the molecule is CC(C)C[C@H](NC(=O)[C@H](C)NC(=O)[C@H](Cc1c[nH]c2ccccc12)NC(=O)[C@H](CC(C)C)NC(=O)[C@H](CC(C)C)NC(=O)[C@@H]1CCCN1C(=O)[C@H](Cc1ccccc1)NC(=O)[C@H](Cc1ccccc1)NC(=O)[C@H](CC(C)C)NC(=O)[C@@H](N)CC(C)C)C(=O)O. The lowest BCUT2D eigenvalue weighted by Crippen LogP contribution is -2.61. The van der Waals surface area contributed by atoms with E-state index in [-0.39, 0.29) is 87.5 Å². The van der Waals surface area contributed by atoms with Crippen LogP contribution in [-0.2, 0) is 67.2 Å². The fourth-order valence-electron chi connectivity index (χ4n) is 11.1. The van der Waals surface area contributed by atoms with Crippen LogP contribution in [0.2, 0.25) is 0 Å². The molecule has 1 aliphatic rings. The standard InChI is InChI=1S/C67H97N11O11/c1-38(2)29-48(68)59(80)71-50(30-39(3)4)61(82)73-53(34-44-21-14-12-15-22-44)64(85)76-55(35-45-23-16-13-17-24-45)66(87)78-28-20-27-57(78)65(86)75-52(32-41(7)8)63(84)72-51(31-40(5)6)62(83)74-54(36-46-37-69-49-26-19-18-25-47(46)49)60(81)70-43(11)58(79)77-56(67(88)89)33-42(9)10/h12-19,21-26,37-43,48,50-57,69H,20,27-36,68H2,1-11H3,(H,70,81)(H,71,80)(H,72,84)(H,73,82)(H,74,83)(H,75,86)(H,76,85)(H,77,79)(H,88,89)/t43-,48-,50-,51-,52-,53-,54-,55-,56-,57-/m0/s1. The molecule has 10 atom stereocenters. The zero-order chi connectivity index (χ0) is 65.6. The molecule has 0 radical (unpaired) electrons. The number of amides is 9. The van der Waals surface area contributed by atoms with E-state index < -0.39 is 120 Å². The molecule has 0 unspecified atom stereocenters. The van der Waals surface area contributed by atoms with Crippen molar-refractivity contribution in [2.75, 3.05) is 6.54 Å². The molecule has 1 saturated heterocycles. The molecule has 1 aliphatic heterocycles. The normalized spacial score (nSPS) is 16.3. The maximum Gasteiger partial charge on any atom is 0.326 e. The Morgan fingerprint density at radius 1 is 0.472 bits per heavy atom. The minimum absolute atomic E-state index is 0.0179. The number of carboxylic acid groups (broad SMARTS) is 1. The van der Waals surface area contributed by atoms with Gasteiger partial charge in [-0.1, -0.05) is 148 Å². The Hall–Kier alpha value is -8.14. The zero-order valence-corrected chi connectivity index (χ0v) is 53.7. The molecule has 486 valence electrons. The second-order valence-corrected chi connectivity index (χ2v) is 25.9. The van der Waals surface area contributed by atoms with E-state index in [1.165, 1.54) is 11.8 Å². The van der Waals surface area contributed by atoms with E-state index in [4.69, 9.17) is 5.73 Å². The molecule has 22 heteroatoms. The molecular weight excluding hydrogens is 1130 g/mol. The second-order valence-electron chi connectivity index (χ2n) is 25.9. The van der Waals surface area contributed by atoms with Gasteiger partial charge in [0.05, 0.1) is 6.04 Å². The molecule has 1 fully saturated rings. The van der Waals surface area contributed by atoms with Crippen molar-refractivity contribution in [3.05, 3.63) is 108 Å². The Kier molecular flexibility index (Phi) is 27.8. The van der Waals surface area contributed by atoms with Gasteiger partial charge in [-0.3, -0.25) is 43.2 Å². The third-order valence-electron chi connectivity index (χ3n) is 15.5. The molecule has 2 heterocycles. The highest BCUT2D eigenvalue weighted by Gasteiger charge is 2.41. The Bertz CT molecular complexity index is 3020. The summed E-state index contributed by atoms with van der Waals surface area (Å²) in [6.07, 6.45) is 3.43. The number of likely N-dealkylation sites (tertiary alicyclic amines) is 1. The summed E-state index contributed by atoms with van der Waals surface area (Å²) in [5.74, 6) is -7.33. The number of carbonyl (C=O) groups is 10. The smallest absolute Gasteiger partial charge is 0.326 e. The molecule has 9 amide bonds. The summed E-state index contributed by atoms with van der Waals surface area (Å²) in [6, 6.07) is 13.9. The molecule has 3 aromatic carbocycles. The Morgan fingerprint density at radius 3 is 1.39 bits per heavy atom. The van der Waals surface area contributed by atoms with Gasteiger partial charge in [-0.2, -0.15) is 0 Å². The van der Waals surface area contributed by atoms with Crippen molar-refractivity contribution in [2.24, 2.45) is 35.3 Å². The van der Waals surface area contributed by atoms with Crippen molar-refractivity contribution in [1.29, 1.82) is 0 Å². The van der Waals surface area contributed by atoms with Crippen molar-refractivity contribution in [3.8, 4) is 0 Å². The van der Waals surface area contributed by atoms with Crippen LogP contribution in [0.1, 0.15) is 138 Å². The zero-order valence-electron chi connectivity index (χ0n) is 53.7. The quantitative estimate of drug-likeness (QED) is 0.0303. The van der Waals surface area contributed by atoms with Gasteiger partial charge in [-0.15, -0.1) is 0 Å². The van der Waals surface area contributed by atoms with Crippen molar-refractivity contribution in [2.45, 2.75) is 201 Å². The van der Waals surface area contributed by atoms with Gasteiger partial charge in [-0.05, 0) is 104 Å². The Balaban J connectivity index is 1.38. The summed E-state index contributed by atoms with van der Waals surface area (Å²) in [6.45, 7) is 20.3. The van der Waals surface area contributed by atoms with Gasteiger partial charge in [0.1, 0.15) is 54.4 Å². The van der Waals surface area contributed by atoms with Crippen LogP contribution >= 0.6 is 0 Å². The third kappa shape index (κ3) is 22.8. The molecule has 0 saturated carbocycles. The Labute approximate surface area is 523 Å². The van der Waals surface area contributed by atoms with Crippen LogP contribution in [0.5, 0.6) is 0 Å². The van der Waals surface area contributed by atoms with Crippen LogP contribution in [0.4, 0.5) is 0 Å². The monoisotopic (exact) mass is 1230 g/mol. The van der Waals surface area contributed by atoms with E-state index in [0.29, 0.717) is 29.5 Å². The maximum absolute atomic E-state index is 15.1. The van der Waals surface area contributed by atoms with Crippen LogP contribution < -0.4 is 48.3 Å². The van der Waals surface area contributed by atoms with Crippen molar-refractivity contribution in [1.82, 2.24) is 52.4 Å². The Morgan fingerprint density at radius 2 is 0.876 bits per heavy atom. The minimum Gasteiger partial charge on any atom is -0.480 e. The highest BCUT2D eigenvalue weighted by Crippen LogP contribution is 2.23. The average Bonchev–Trinajstić information content (AvgIpc) is 2.17. The summed E-state index contributed by atoms with van der Waals surface area (Å²) in [4.78, 5) is 146. The summed E-state index contributed by atoms with van der Waals surface area (Å²) in [5.41, 5.74) is 9.10. The molecule has 0 spiro atoms. The lowest BCUT2D eigenvalue weighted by atomic mass is 9.98. The van der Waals surface area contributed by atoms with Gasteiger partial charge < -0.3 is 63.3 Å². The fraction of sp³-hybridized carbons (Fsp3) is 0.552. The van der Waals surface area contributed by atoms with E-state index >= 15 is 4.79 Å². The number of nitrogens with zero attached hydrogens (tertiary/aromatic N) is 1. The lowest BCUT2D eigenvalue weighted by Gasteiger charge is -2.32.